The topological polar surface area (TPSA) is 97.3 Å². The summed E-state index contributed by atoms with van der Waals surface area (Å²) < 4.78 is 0. The molecule has 7 nitrogen and oxygen atoms in total. The molecule has 1 unspecified atom stereocenters. The van der Waals surface area contributed by atoms with Crippen LogP contribution in [0.15, 0.2) is 12.1 Å². The van der Waals surface area contributed by atoms with Crippen LogP contribution in [0.1, 0.15) is 19.8 Å². The van der Waals surface area contributed by atoms with Crippen molar-refractivity contribution >= 4 is 17.3 Å². The molecule has 0 saturated carbocycles. The van der Waals surface area contributed by atoms with Crippen molar-refractivity contribution in [1.82, 2.24) is 9.88 Å². The van der Waals surface area contributed by atoms with E-state index in [9.17, 15) is 10.1 Å². The van der Waals surface area contributed by atoms with Gasteiger partial charge in [-0.3, -0.25) is 15.0 Å². The minimum absolute atomic E-state index is 0.0391. The van der Waals surface area contributed by atoms with E-state index in [2.05, 4.69) is 22.1 Å². The Morgan fingerprint density at radius 1 is 1.53 bits per heavy atom. The average Bonchev–Trinajstić information content (AvgIpc) is 2.89. The molecule has 1 aromatic heterocycles. The number of nitro groups is 1. The molecule has 0 spiro atoms. The minimum Gasteiger partial charge on any atom is -0.384 e. The van der Waals surface area contributed by atoms with Crippen molar-refractivity contribution in [2.45, 2.75) is 25.8 Å². The Bertz CT molecular complexity index is 459. The van der Waals surface area contributed by atoms with Crippen molar-refractivity contribution in [1.29, 1.82) is 0 Å². The molecule has 2 rings (SSSR count). The van der Waals surface area contributed by atoms with Gasteiger partial charge in [0.1, 0.15) is 5.82 Å². The fourth-order valence-corrected chi connectivity index (χ4v) is 2.30. The second-order valence-corrected chi connectivity index (χ2v) is 4.83. The smallest absolute Gasteiger partial charge is 0.311 e. The largest absolute Gasteiger partial charge is 0.384 e. The van der Waals surface area contributed by atoms with E-state index >= 15 is 0 Å². The molecule has 0 aliphatic carbocycles. The van der Waals surface area contributed by atoms with Gasteiger partial charge in [0.25, 0.3) is 0 Å². The van der Waals surface area contributed by atoms with Gasteiger partial charge in [-0.05, 0) is 38.9 Å². The van der Waals surface area contributed by atoms with Crippen LogP contribution in [0.3, 0.4) is 0 Å². The summed E-state index contributed by atoms with van der Waals surface area (Å²) in [6.07, 6.45) is 2.45. The molecule has 1 aliphatic heterocycles. The zero-order chi connectivity index (χ0) is 13.8. The van der Waals surface area contributed by atoms with E-state index in [0.717, 1.165) is 13.1 Å². The number of aromatic nitrogens is 1. The number of hydrogen-bond acceptors (Lipinski definition) is 6. The molecule has 1 atom stereocenters. The third-order valence-corrected chi connectivity index (χ3v) is 3.42. The van der Waals surface area contributed by atoms with Gasteiger partial charge in [0, 0.05) is 18.7 Å². The van der Waals surface area contributed by atoms with E-state index in [4.69, 9.17) is 5.73 Å². The maximum Gasteiger partial charge on any atom is 0.311 e. The number of rotatable bonds is 5. The highest BCUT2D eigenvalue weighted by molar-refractivity contribution is 5.59. The fourth-order valence-electron chi connectivity index (χ4n) is 2.30. The summed E-state index contributed by atoms with van der Waals surface area (Å²) in [4.78, 5) is 16.8. The molecule has 3 N–H and O–H groups in total. The van der Waals surface area contributed by atoms with Crippen LogP contribution in [0.25, 0.3) is 0 Å². The molecule has 0 bridgehead atoms. The maximum absolute atomic E-state index is 10.9. The van der Waals surface area contributed by atoms with Crippen molar-refractivity contribution in [3.63, 3.8) is 0 Å². The van der Waals surface area contributed by atoms with Gasteiger partial charge in [-0.15, -0.1) is 0 Å². The van der Waals surface area contributed by atoms with Gasteiger partial charge in [0.05, 0.1) is 4.92 Å². The third kappa shape index (κ3) is 3.31. The number of hydrogen-bond donors (Lipinski definition) is 2. The van der Waals surface area contributed by atoms with Crippen LogP contribution in [0, 0.1) is 10.1 Å². The van der Waals surface area contributed by atoms with Crippen LogP contribution >= 0.6 is 0 Å². The normalized spacial score (nSPS) is 17.3. The Kier molecular flexibility index (Phi) is 4.16. The van der Waals surface area contributed by atoms with Gasteiger partial charge in [0.2, 0.25) is 5.82 Å². The molecule has 2 heterocycles. The van der Waals surface area contributed by atoms with Crippen molar-refractivity contribution < 1.29 is 4.92 Å². The predicted molar refractivity (Wildman–Crippen MR) is 74.1 cm³/mol. The number of likely N-dealkylation sites (tertiary alicyclic amines) is 1. The van der Waals surface area contributed by atoms with Gasteiger partial charge >= 0.3 is 5.69 Å². The second-order valence-electron chi connectivity index (χ2n) is 4.83. The third-order valence-electron chi connectivity index (χ3n) is 3.42. The van der Waals surface area contributed by atoms with Crippen molar-refractivity contribution in [3.05, 3.63) is 22.2 Å². The average molecular weight is 265 g/mol. The van der Waals surface area contributed by atoms with E-state index in [1.54, 1.807) is 0 Å². The molecular weight excluding hydrogens is 246 g/mol. The number of anilines is 2. The van der Waals surface area contributed by atoms with Crippen molar-refractivity contribution in [2.75, 3.05) is 30.7 Å². The fraction of sp³-hybridized carbons (Fsp3) is 0.583. The van der Waals surface area contributed by atoms with Gasteiger partial charge in [-0.1, -0.05) is 0 Å². The Hall–Kier alpha value is -1.89. The summed E-state index contributed by atoms with van der Waals surface area (Å²) in [5, 5.41) is 13.9. The van der Waals surface area contributed by atoms with Crippen LogP contribution < -0.4 is 11.1 Å². The lowest BCUT2D eigenvalue weighted by molar-refractivity contribution is -0.384. The molecule has 19 heavy (non-hydrogen) atoms. The molecule has 0 radical (unpaired) electrons. The molecule has 104 valence electrons. The summed E-state index contributed by atoms with van der Waals surface area (Å²) in [6, 6.07) is 3.14. The number of pyridine rings is 1. The lowest BCUT2D eigenvalue weighted by Gasteiger charge is -2.23. The Balaban J connectivity index is 2.01. The Morgan fingerprint density at radius 2 is 2.21 bits per heavy atom. The van der Waals surface area contributed by atoms with E-state index < -0.39 is 4.92 Å². The first-order chi connectivity index (χ1) is 9.08. The molecule has 0 amide bonds. The lowest BCUT2D eigenvalue weighted by Crippen LogP contribution is -2.35. The quantitative estimate of drug-likeness (QED) is 0.618. The Morgan fingerprint density at radius 3 is 2.84 bits per heavy atom. The zero-order valence-corrected chi connectivity index (χ0v) is 11.0. The van der Waals surface area contributed by atoms with E-state index in [1.807, 2.05) is 0 Å². The Labute approximate surface area is 112 Å². The molecular formula is C12H19N5O2. The zero-order valence-electron chi connectivity index (χ0n) is 11.0. The number of nitrogens with one attached hydrogen (secondary N) is 1. The van der Waals surface area contributed by atoms with Crippen molar-refractivity contribution in [3.8, 4) is 0 Å². The first kappa shape index (κ1) is 13.5. The van der Waals surface area contributed by atoms with E-state index in [0.29, 0.717) is 12.6 Å². The van der Waals surface area contributed by atoms with E-state index in [-0.39, 0.29) is 17.3 Å². The van der Waals surface area contributed by atoms with Gasteiger partial charge in [0.15, 0.2) is 0 Å². The SMILES string of the molecule is CC(CNc1nc(N)ccc1[N+](=O)[O-])N1CCCC1. The highest BCUT2D eigenvalue weighted by Gasteiger charge is 2.20. The molecule has 1 aromatic rings. The summed E-state index contributed by atoms with van der Waals surface area (Å²) in [7, 11) is 0. The predicted octanol–water partition coefficient (Wildman–Crippen LogP) is 1.47. The van der Waals surface area contributed by atoms with Crippen LogP contribution in [-0.4, -0.2) is 40.5 Å². The summed E-state index contributed by atoms with van der Waals surface area (Å²) in [5.41, 5.74) is 5.53. The van der Waals surface area contributed by atoms with Crippen molar-refractivity contribution in [2.24, 2.45) is 0 Å². The van der Waals surface area contributed by atoms with Crippen LogP contribution in [0.2, 0.25) is 0 Å². The molecule has 1 saturated heterocycles. The lowest BCUT2D eigenvalue weighted by atomic mass is 10.3. The first-order valence-electron chi connectivity index (χ1n) is 6.47. The molecule has 1 fully saturated rings. The van der Waals surface area contributed by atoms with Gasteiger partial charge in [-0.25, -0.2) is 4.98 Å². The molecule has 0 aromatic carbocycles. The highest BCUT2D eigenvalue weighted by Crippen LogP contribution is 2.23. The van der Waals surface area contributed by atoms with Crippen LogP contribution in [0.5, 0.6) is 0 Å². The summed E-state index contributed by atoms with van der Waals surface area (Å²) >= 11 is 0. The number of nitrogen functional groups attached to an aromatic ring is 1. The minimum atomic E-state index is -0.449. The standard InChI is InChI=1S/C12H19N5O2/c1-9(16-6-2-3-7-16)8-14-12-10(17(18)19)4-5-11(13)15-12/h4-5,9H,2-3,6-8H2,1H3,(H3,13,14,15). The number of nitrogens with two attached hydrogens (primary N) is 1. The molecule has 7 heteroatoms. The first-order valence-corrected chi connectivity index (χ1v) is 6.47. The summed E-state index contributed by atoms with van der Waals surface area (Å²) in [5.74, 6) is 0.526. The van der Waals surface area contributed by atoms with Crippen LogP contribution in [-0.2, 0) is 0 Å². The summed E-state index contributed by atoms with van der Waals surface area (Å²) in [6.45, 7) is 4.92. The second kappa shape index (κ2) is 5.83. The monoisotopic (exact) mass is 265 g/mol. The van der Waals surface area contributed by atoms with Gasteiger partial charge in [-0.2, -0.15) is 0 Å². The number of nitrogens with zero attached hydrogens (tertiary/aromatic N) is 3. The molecule has 1 aliphatic rings. The highest BCUT2D eigenvalue weighted by atomic mass is 16.6. The van der Waals surface area contributed by atoms with Gasteiger partial charge < -0.3 is 11.1 Å². The maximum atomic E-state index is 10.9. The van der Waals surface area contributed by atoms with Crippen LogP contribution in [0.4, 0.5) is 17.3 Å². The van der Waals surface area contributed by atoms with E-state index in [1.165, 1.54) is 25.0 Å².